The van der Waals surface area contributed by atoms with Gasteiger partial charge in [-0.3, -0.25) is 4.79 Å². The Hall–Kier alpha value is -1.50. The van der Waals surface area contributed by atoms with Gasteiger partial charge in [-0.2, -0.15) is 0 Å². The van der Waals surface area contributed by atoms with E-state index < -0.39 is 0 Å². The second-order valence-corrected chi connectivity index (χ2v) is 7.80. The van der Waals surface area contributed by atoms with Crippen molar-refractivity contribution in [2.75, 3.05) is 33.0 Å². The van der Waals surface area contributed by atoms with Crippen molar-refractivity contribution >= 4 is 18.3 Å². The summed E-state index contributed by atoms with van der Waals surface area (Å²) in [5.74, 6) is 1.09. The highest BCUT2D eigenvalue weighted by molar-refractivity contribution is 5.85. The van der Waals surface area contributed by atoms with Crippen molar-refractivity contribution in [3.8, 4) is 11.5 Å². The zero-order valence-electron chi connectivity index (χ0n) is 18.6. The number of ether oxygens (including phenoxy) is 3. The van der Waals surface area contributed by atoms with Crippen LogP contribution in [0.15, 0.2) is 18.2 Å². The molecule has 0 aliphatic heterocycles. The van der Waals surface area contributed by atoms with Crippen LogP contribution >= 0.6 is 12.4 Å². The van der Waals surface area contributed by atoms with E-state index in [9.17, 15) is 4.79 Å². The molecular weight excluding hydrogens is 392 g/mol. The van der Waals surface area contributed by atoms with Gasteiger partial charge in [0.2, 0.25) is 0 Å². The third kappa shape index (κ3) is 13.4. The van der Waals surface area contributed by atoms with E-state index in [1.807, 2.05) is 45.9 Å². The van der Waals surface area contributed by atoms with Gasteiger partial charge in [0.05, 0.1) is 6.61 Å². The van der Waals surface area contributed by atoms with Crippen LogP contribution in [0.25, 0.3) is 0 Å². The highest BCUT2D eigenvalue weighted by Gasteiger charge is 2.15. The van der Waals surface area contributed by atoms with Crippen molar-refractivity contribution in [3.05, 3.63) is 23.8 Å². The number of hydrogen-bond acceptors (Lipinski definition) is 5. The van der Waals surface area contributed by atoms with Gasteiger partial charge in [0.25, 0.3) is 5.91 Å². The number of carbonyl (C=O) groups excluding carboxylic acids is 1. The lowest BCUT2D eigenvalue weighted by Crippen LogP contribution is -2.43. The van der Waals surface area contributed by atoms with E-state index in [-0.39, 0.29) is 30.5 Å². The molecular formula is C22H39ClN2O4. The summed E-state index contributed by atoms with van der Waals surface area (Å²) in [6.07, 6.45) is 3.29. The topological polar surface area (TPSA) is 68.8 Å². The molecule has 6 nitrogen and oxygen atoms in total. The van der Waals surface area contributed by atoms with Crippen LogP contribution in [0.5, 0.6) is 11.5 Å². The lowest BCUT2D eigenvalue weighted by molar-refractivity contribution is -0.124. The number of carbonyl (C=O) groups is 1. The summed E-state index contributed by atoms with van der Waals surface area (Å²) in [7, 11) is 0. The Morgan fingerprint density at radius 1 is 1.03 bits per heavy atom. The highest BCUT2D eigenvalue weighted by atomic mass is 35.5. The minimum atomic E-state index is -0.278. The second-order valence-electron chi connectivity index (χ2n) is 7.80. The van der Waals surface area contributed by atoms with Crippen LogP contribution in [-0.2, 0) is 16.1 Å². The molecule has 1 aromatic carbocycles. The molecule has 1 amide bonds. The minimum Gasteiger partial charge on any atom is -0.490 e. The van der Waals surface area contributed by atoms with Gasteiger partial charge in [0.1, 0.15) is 0 Å². The number of benzene rings is 1. The van der Waals surface area contributed by atoms with Crippen molar-refractivity contribution in [1.29, 1.82) is 0 Å². The summed E-state index contributed by atoms with van der Waals surface area (Å²) in [6, 6.07) is 5.82. The molecule has 0 fully saturated rings. The highest BCUT2D eigenvalue weighted by Crippen LogP contribution is 2.28. The van der Waals surface area contributed by atoms with Crippen LogP contribution in [-0.4, -0.2) is 44.4 Å². The molecule has 0 bridgehead atoms. The molecule has 0 aliphatic carbocycles. The molecule has 0 spiro atoms. The lowest BCUT2D eigenvalue weighted by atomic mass is 10.1. The lowest BCUT2D eigenvalue weighted by Gasteiger charge is -2.21. The van der Waals surface area contributed by atoms with E-state index in [2.05, 4.69) is 17.6 Å². The predicted molar refractivity (Wildman–Crippen MR) is 120 cm³/mol. The molecule has 0 radical (unpaired) electrons. The SMILES string of the molecule is CCCCOCCCNCc1ccc(OCC(=O)NC(C)(C)C)c(OCC)c1.Cl. The first-order valence-electron chi connectivity index (χ1n) is 10.3. The van der Waals surface area contributed by atoms with E-state index in [0.717, 1.165) is 44.7 Å². The van der Waals surface area contributed by atoms with Gasteiger partial charge in [0, 0.05) is 25.3 Å². The molecule has 0 unspecified atom stereocenters. The number of unbranched alkanes of at least 4 members (excludes halogenated alkanes) is 1. The molecule has 0 aliphatic rings. The van der Waals surface area contributed by atoms with Crippen molar-refractivity contribution in [2.24, 2.45) is 0 Å². The normalized spacial score (nSPS) is 10.9. The Morgan fingerprint density at radius 2 is 1.76 bits per heavy atom. The molecule has 0 heterocycles. The van der Waals surface area contributed by atoms with Gasteiger partial charge >= 0.3 is 0 Å². The third-order valence-corrected chi connectivity index (χ3v) is 3.79. The Morgan fingerprint density at radius 3 is 2.41 bits per heavy atom. The maximum Gasteiger partial charge on any atom is 0.258 e. The van der Waals surface area contributed by atoms with Crippen molar-refractivity contribution in [1.82, 2.24) is 10.6 Å². The number of halogens is 1. The summed E-state index contributed by atoms with van der Waals surface area (Å²) in [4.78, 5) is 12.0. The van der Waals surface area contributed by atoms with E-state index in [1.54, 1.807) is 0 Å². The minimum absolute atomic E-state index is 0. The first-order valence-corrected chi connectivity index (χ1v) is 10.3. The first kappa shape index (κ1) is 27.5. The number of amides is 1. The molecule has 0 saturated carbocycles. The molecule has 0 saturated heterocycles. The van der Waals surface area contributed by atoms with Gasteiger partial charge < -0.3 is 24.8 Å². The van der Waals surface area contributed by atoms with Crippen LogP contribution in [0.3, 0.4) is 0 Å². The molecule has 168 valence electrons. The Balaban J connectivity index is 0.00000784. The number of hydrogen-bond donors (Lipinski definition) is 2. The number of nitrogens with one attached hydrogen (secondary N) is 2. The van der Waals surface area contributed by atoms with E-state index >= 15 is 0 Å². The van der Waals surface area contributed by atoms with E-state index in [4.69, 9.17) is 14.2 Å². The maximum absolute atomic E-state index is 12.0. The Labute approximate surface area is 182 Å². The fourth-order valence-corrected chi connectivity index (χ4v) is 2.53. The van der Waals surface area contributed by atoms with Crippen LogP contribution in [0.4, 0.5) is 0 Å². The average molecular weight is 431 g/mol. The molecule has 1 rings (SSSR count). The van der Waals surface area contributed by atoms with Gasteiger partial charge in [0.15, 0.2) is 18.1 Å². The molecule has 0 atom stereocenters. The van der Waals surface area contributed by atoms with Gasteiger partial charge in [-0.1, -0.05) is 19.4 Å². The first-order chi connectivity index (χ1) is 13.4. The maximum atomic E-state index is 12.0. The van der Waals surface area contributed by atoms with Crippen molar-refractivity contribution in [3.63, 3.8) is 0 Å². The van der Waals surface area contributed by atoms with Crippen molar-refractivity contribution < 1.29 is 19.0 Å². The molecule has 7 heteroatoms. The third-order valence-electron chi connectivity index (χ3n) is 3.79. The summed E-state index contributed by atoms with van der Waals surface area (Å²) in [5.41, 5.74) is 0.835. The van der Waals surface area contributed by atoms with Crippen molar-refractivity contribution in [2.45, 2.75) is 66.0 Å². The molecule has 0 aromatic heterocycles. The summed E-state index contributed by atoms with van der Waals surface area (Å²) < 4.78 is 16.9. The quantitative estimate of drug-likeness (QED) is 0.435. The summed E-state index contributed by atoms with van der Waals surface area (Å²) in [5, 5.41) is 6.30. The average Bonchev–Trinajstić information content (AvgIpc) is 2.62. The monoisotopic (exact) mass is 430 g/mol. The Kier molecular flexibility index (Phi) is 14.6. The largest absolute Gasteiger partial charge is 0.490 e. The fourth-order valence-electron chi connectivity index (χ4n) is 2.53. The zero-order chi connectivity index (χ0) is 20.8. The fraction of sp³-hybridized carbons (Fsp3) is 0.682. The van der Waals surface area contributed by atoms with E-state index in [0.29, 0.717) is 18.1 Å². The summed E-state index contributed by atoms with van der Waals surface area (Å²) in [6.45, 7) is 13.7. The number of rotatable bonds is 14. The van der Waals surface area contributed by atoms with Crippen LogP contribution in [0.2, 0.25) is 0 Å². The van der Waals surface area contributed by atoms with Crippen LogP contribution in [0.1, 0.15) is 59.4 Å². The summed E-state index contributed by atoms with van der Waals surface area (Å²) >= 11 is 0. The molecule has 2 N–H and O–H groups in total. The molecule has 29 heavy (non-hydrogen) atoms. The van der Waals surface area contributed by atoms with Crippen LogP contribution < -0.4 is 20.1 Å². The second kappa shape index (κ2) is 15.4. The molecule has 1 aromatic rings. The smallest absolute Gasteiger partial charge is 0.258 e. The van der Waals surface area contributed by atoms with Gasteiger partial charge in [-0.15, -0.1) is 12.4 Å². The van der Waals surface area contributed by atoms with Crippen LogP contribution in [0, 0.1) is 0 Å². The van der Waals surface area contributed by atoms with Gasteiger partial charge in [-0.05, 0) is 64.8 Å². The predicted octanol–water partition coefficient (Wildman–Crippen LogP) is 4.10. The van der Waals surface area contributed by atoms with E-state index in [1.165, 1.54) is 6.42 Å². The standard InChI is InChI=1S/C22H38N2O4.ClH/c1-6-8-13-26-14-9-12-23-16-18-10-11-19(20(15-18)27-7-2)28-17-21(25)24-22(3,4)5;/h10-11,15,23H,6-9,12-14,16-17H2,1-5H3,(H,24,25);1H. The van der Waals surface area contributed by atoms with Gasteiger partial charge in [-0.25, -0.2) is 0 Å². The Bertz CT molecular complexity index is 576. The zero-order valence-corrected chi connectivity index (χ0v) is 19.5.